The van der Waals surface area contributed by atoms with Crippen LogP contribution in [-0.4, -0.2) is 35.1 Å². The molecule has 0 aliphatic carbocycles. The van der Waals surface area contributed by atoms with E-state index >= 15 is 0 Å². The number of halogens is 2. The van der Waals surface area contributed by atoms with Crippen LogP contribution in [0.4, 0.5) is 4.39 Å². The Labute approximate surface area is 107 Å². The van der Waals surface area contributed by atoms with Gasteiger partial charge in [-0.2, -0.15) is 0 Å². The molecule has 17 heavy (non-hydrogen) atoms. The maximum absolute atomic E-state index is 13.1. The van der Waals surface area contributed by atoms with Crippen LogP contribution in [0.1, 0.15) is 23.2 Å². The van der Waals surface area contributed by atoms with Crippen LogP contribution in [0.25, 0.3) is 0 Å². The molecular formula is C12H13BrFNO2. The molecule has 5 heteroatoms. The highest BCUT2D eigenvalue weighted by molar-refractivity contribution is 9.10. The summed E-state index contributed by atoms with van der Waals surface area (Å²) in [5.41, 5.74) is 0.305. The minimum atomic E-state index is -0.472. The highest BCUT2D eigenvalue weighted by Gasteiger charge is 2.24. The van der Waals surface area contributed by atoms with Crippen LogP contribution >= 0.6 is 15.9 Å². The smallest absolute Gasteiger partial charge is 0.255 e. The van der Waals surface area contributed by atoms with Crippen LogP contribution < -0.4 is 0 Å². The molecule has 92 valence electrons. The number of piperidine rings is 1. The lowest BCUT2D eigenvalue weighted by atomic mass is 10.1. The van der Waals surface area contributed by atoms with Crippen LogP contribution in [0, 0.1) is 5.82 Å². The number of aliphatic hydroxyl groups excluding tert-OH is 1. The Kier molecular flexibility index (Phi) is 3.79. The first-order valence-electron chi connectivity index (χ1n) is 5.50. The molecule has 2 rings (SSSR count). The quantitative estimate of drug-likeness (QED) is 0.864. The minimum Gasteiger partial charge on any atom is -0.391 e. The van der Waals surface area contributed by atoms with Crippen molar-refractivity contribution in [1.29, 1.82) is 0 Å². The van der Waals surface area contributed by atoms with Crippen LogP contribution in [0.15, 0.2) is 22.7 Å². The fraction of sp³-hybridized carbons (Fsp3) is 0.417. The van der Waals surface area contributed by atoms with E-state index in [1.165, 1.54) is 18.2 Å². The Bertz CT molecular complexity index is 439. The van der Waals surface area contributed by atoms with Gasteiger partial charge < -0.3 is 10.0 Å². The van der Waals surface area contributed by atoms with E-state index in [2.05, 4.69) is 15.9 Å². The van der Waals surface area contributed by atoms with Gasteiger partial charge >= 0.3 is 0 Å². The molecule has 1 heterocycles. The summed E-state index contributed by atoms with van der Waals surface area (Å²) in [4.78, 5) is 13.7. The molecule has 0 bridgehead atoms. The summed E-state index contributed by atoms with van der Waals surface area (Å²) in [6, 6.07) is 4.03. The summed E-state index contributed by atoms with van der Waals surface area (Å²) in [5, 5.41) is 9.52. The molecule has 1 aliphatic heterocycles. The van der Waals surface area contributed by atoms with Crippen molar-refractivity contribution in [2.45, 2.75) is 18.9 Å². The van der Waals surface area contributed by atoms with Gasteiger partial charge in [0.15, 0.2) is 0 Å². The fourth-order valence-electron chi connectivity index (χ4n) is 1.97. The fourth-order valence-corrected chi connectivity index (χ4v) is 2.39. The van der Waals surface area contributed by atoms with E-state index in [-0.39, 0.29) is 5.91 Å². The number of carbonyl (C=O) groups excluding carboxylic acids is 1. The van der Waals surface area contributed by atoms with Gasteiger partial charge in [0, 0.05) is 17.6 Å². The van der Waals surface area contributed by atoms with Crippen molar-refractivity contribution in [2.24, 2.45) is 0 Å². The van der Waals surface area contributed by atoms with Crippen molar-refractivity contribution >= 4 is 21.8 Å². The topological polar surface area (TPSA) is 40.5 Å². The summed E-state index contributed by atoms with van der Waals surface area (Å²) in [5.74, 6) is -0.677. The van der Waals surface area contributed by atoms with Gasteiger partial charge in [-0.3, -0.25) is 4.79 Å². The molecule has 0 spiro atoms. The Balaban J connectivity index is 2.21. The van der Waals surface area contributed by atoms with Crippen LogP contribution in [-0.2, 0) is 0 Å². The number of benzene rings is 1. The molecule has 1 fully saturated rings. The maximum Gasteiger partial charge on any atom is 0.255 e. The first kappa shape index (κ1) is 12.5. The van der Waals surface area contributed by atoms with E-state index in [4.69, 9.17) is 0 Å². The number of carbonyl (C=O) groups is 1. The normalized spacial score (nSPS) is 20.4. The van der Waals surface area contributed by atoms with Crippen molar-refractivity contribution in [2.75, 3.05) is 13.1 Å². The highest BCUT2D eigenvalue weighted by atomic mass is 79.9. The highest BCUT2D eigenvalue weighted by Crippen LogP contribution is 2.21. The van der Waals surface area contributed by atoms with Crippen LogP contribution in [0.5, 0.6) is 0 Å². The van der Waals surface area contributed by atoms with Gasteiger partial charge in [0.05, 0.1) is 11.7 Å². The Morgan fingerprint density at radius 2 is 2.29 bits per heavy atom. The molecule has 3 nitrogen and oxygen atoms in total. The summed E-state index contributed by atoms with van der Waals surface area (Å²) >= 11 is 3.24. The molecule has 1 amide bonds. The van der Waals surface area contributed by atoms with E-state index in [9.17, 15) is 14.3 Å². The molecule has 1 saturated heterocycles. The number of rotatable bonds is 1. The van der Waals surface area contributed by atoms with Gasteiger partial charge in [-0.05, 0) is 47.0 Å². The Morgan fingerprint density at radius 3 is 3.00 bits per heavy atom. The maximum atomic E-state index is 13.1. The lowest BCUT2D eigenvalue weighted by Crippen LogP contribution is -2.42. The molecule has 1 aliphatic rings. The Hall–Kier alpha value is -0.940. The number of aliphatic hydroxyl groups is 1. The molecule has 1 aromatic carbocycles. The molecular weight excluding hydrogens is 289 g/mol. The molecule has 1 N–H and O–H groups in total. The average molecular weight is 302 g/mol. The summed E-state index contributed by atoms with van der Waals surface area (Å²) in [6.07, 6.45) is 1.02. The summed E-state index contributed by atoms with van der Waals surface area (Å²) in [6.45, 7) is 0.931. The zero-order valence-electron chi connectivity index (χ0n) is 9.20. The van der Waals surface area contributed by atoms with E-state index in [0.717, 1.165) is 6.42 Å². The van der Waals surface area contributed by atoms with Gasteiger partial charge in [-0.25, -0.2) is 4.39 Å². The largest absolute Gasteiger partial charge is 0.391 e. The van der Waals surface area contributed by atoms with E-state index < -0.39 is 11.9 Å². The predicted octanol–water partition coefficient (Wildman–Crippen LogP) is 2.19. The number of likely N-dealkylation sites (tertiary alicyclic amines) is 1. The van der Waals surface area contributed by atoms with E-state index in [1.54, 1.807) is 4.90 Å². The second-order valence-corrected chi connectivity index (χ2v) is 5.03. The number of amides is 1. The molecule has 1 atom stereocenters. The van der Waals surface area contributed by atoms with E-state index in [1.807, 2.05) is 0 Å². The second kappa shape index (κ2) is 5.14. The number of β-amino-alcohol motifs (C(OH)–C–C–N with tert-alkyl or cyclic N) is 1. The molecule has 0 aromatic heterocycles. The van der Waals surface area contributed by atoms with Crippen molar-refractivity contribution in [3.05, 3.63) is 34.1 Å². The zero-order valence-corrected chi connectivity index (χ0v) is 10.8. The third-order valence-electron chi connectivity index (χ3n) is 2.84. The van der Waals surface area contributed by atoms with Crippen LogP contribution in [0.3, 0.4) is 0 Å². The van der Waals surface area contributed by atoms with Gasteiger partial charge in [0.25, 0.3) is 5.91 Å². The number of hydrogen-bond acceptors (Lipinski definition) is 2. The summed E-state index contributed by atoms with van der Waals surface area (Å²) in [7, 11) is 0. The average Bonchev–Trinajstić information content (AvgIpc) is 2.31. The SMILES string of the molecule is O=C(c1cc(F)ccc1Br)N1CCC[C@H](O)C1. The molecule has 1 aromatic rings. The first-order chi connectivity index (χ1) is 8.08. The van der Waals surface area contributed by atoms with E-state index in [0.29, 0.717) is 29.5 Å². The molecule has 0 unspecified atom stereocenters. The van der Waals surface area contributed by atoms with Crippen molar-refractivity contribution in [3.63, 3.8) is 0 Å². The Morgan fingerprint density at radius 1 is 1.53 bits per heavy atom. The van der Waals surface area contributed by atoms with Crippen LogP contribution in [0.2, 0.25) is 0 Å². The monoisotopic (exact) mass is 301 g/mol. The molecule has 0 saturated carbocycles. The zero-order chi connectivity index (χ0) is 12.4. The number of nitrogens with zero attached hydrogens (tertiary/aromatic N) is 1. The van der Waals surface area contributed by atoms with Crippen molar-refractivity contribution in [1.82, 2.24) is 4.90 Å². The third kappa shape index (κ3) is 2.84. The van der Waals surface area contributed by atoms with Crippen molar-refractivity contribution < 1.29 is 14.3 Å². The lowest BCUT2D eigenvalue weighted by Gasteiger charge is -2.30. The van der Waals surface area contributed by atoms with Gasteiger partial charge in [-0.1, -0.05) is 0 Å². The molecule has 0 radical (unpaired) electrons. The van der Waals surface area contributed by atoms with Crippen molar-refractivity contribution in [3.8, 4) is 0 Å². The van der Waals surface area contributed by atoms with Gasteiger partial charge in [0.2, 0.25) is 0 Å². The van der Waals surface area contributed by atoms with Gasteiger partial charge in [-0.15, -0.1) is 0 Å². The number of hydrogen-bond donors (Lipinski definition) is 1. The lowest BCUT2D eigenvalue weighted by molar-refractivity contribution is 0.0472. The second-order valence-electron chi connectivity index (χ2n) is 4.17. The first-order valence-corrected chi connectivity index (χ1v) is 6.29. The summed E-state index contributed by atoms with van der Waals surface area (Å²) < 4.78 is 13.7. The van der Waals surface area contributed by atoms with Gasteiger partial charge in [0.1, 0.15) is 5.82 Å². The standard InChI is InChI=1S/C12H13BrFNO2/c13-11-4-3-8(14)6-10(11)12(17)15-5-1-2-9(16)7-15/h3-4,6,9,16H,1-2,5,7H2/t9-/m0/s1. The third-order valence-corrected chi connectivity index (χ3v) is 3.53. The predicted molar refractivity (Wildman–Crippen MR) is 65.2 cm³/mol. The minimum absolute atomic E-state index is 0.241.